The Kier molecular flexibility index (Phi) is 5.34. The Morgan fingerprint density at radius 2 is 1.82 bits per heavy atom. The summed E-state index contributed by atoms with van der Waals surface area (Å²) in [6, 6.07) is 13.8. The number of nitrogens with one attached hydrogen (secondary N) is 1. The van der Waals surface area contributed by atoms with Gasteiger partial charge in [-0.25, -0.2) is 0 Å². The van der Waals surface area contributed by atoms with Gasteiger partial charge in [0.15, 0.2) is 0 Å². The molecule has 0 fully saturated rings. The van der Waals surface area contributed by atoms with Crippen LogP contribution >= 0.6 is 0 Å². The van der Waals surface area contributed by atoms with Crippen LogP contribution in [-0.4, -0.2) is 17.6 Å². The second-order valence-corrected chi connectivity index (χ2v) is 5.78. The van der Waals surface area contributed by atoms with E-state index in [4.69, 9.17) is 0 Å². The zero-order valence-corrected chi connectivity index (χ0v) is 13.4. The van der Waals surface area contributed by atoms with E-state index in [1.165, 1.54) is 0 Å². The van der Waals surface area contributed by atoms with Crippen LogP contribution < -0.4 is 5.32 Å². The summed E-state index contributed by atoms with van der Waals surface area (Å²) in [5.74, 6) is -0.0682. The van der Waals surface area contributed by atoms with Gasteiger partial charge in [-0.3, -0.25) is 4.79 Å². The lowest BCUT2D eigenvalue weighted by atomic mass is 10.0. The minimum Gasteiger partial charge on any atom is -0.387 e. The van der Waals surface area contributed by atoms with Gasteiger partial charge in [-0.15, -0.1) is 0 Å². The average Bonchev–Trinajstić information content (AvgIpc) is 2.49. The minimum absolute atomic E-state index is 0.0682. The Balaban J connectivity index is 1.93. The molecule has 3 heteroatoms. The average molecular weight is 297 g/mol. The standard InChI is InChI=1S/C19H23NO2/c1-13-8-9-14(2)16(10-13)11-19(22)20-12-18(21)17-7-5-4-6-15(17)3/h4-10,18,21H,11-12H2,1-3H3,(H,20,22). The van der Waals surface area contributed by atoms with Gasteiger partial charge in [0, 0.05) is 6.54 Å². The summed E-state index contributed by atoms with van der Waals surface area (Å²) in [6.45, 7) is 6.21. The first-order valence-electron chi connectivity index (χ1n) is 7.54. The zero-order chi connectivity index (χ0) is 16.1. The van der Waals surface area contributed by atoms with Crippen molar-refractivity contribution < 1.29 is 9.90 Å². The van der Waals surface area contributed by atoms with Crippen molar-refractivity contribution in [2.75, 3.05) is 6.54 Å². The van der Waals surface area contributed by atoms with Gasteiger partial charge in [0.2, 0.25) is 5.91 Å². The molecule has 116 valence electrons. The van der Waals surface area contributed by atoms with Crippen LogP contribution in [0.5, 0.6) is 0 Å². The Morgan fingerprint density at radius 1 is 1.09 bits per heavy atom. The number of benzene rings is 2. The molecular weight excluding hydrogens is 274 g/mol. The molecule has 1 unspecified atom stereocenters. The van der Waals surface area contributed by atoms with Crippen molar-refractivity contribution in [1.82, 2.24) is 5.32 Å². The fourth-order valence-corrected chi connectivity index (χ4v) is 2.51. The van der Waals surface area contributed by atoms with Gasteiger partial charge < -0.3 is 10.4 Å². The summed E-state index contributed by atoms with van der Waals surface area (Å²) in [4.78, 5) is 12.1. The molecule has 2 rings (SSSR count). The van der Waals surface area contributed by atoms with Crippen LogP contribution in [-0.2, 0) is 11.2 Å². The molecule has 3 nitrogen and oxygen atoms in total. The van der Waals surface area contributed by atoms with Gasteiger partial charge >= 0.3 is 0 Å². The Bertz CT molecular complexity index is 664. The summed E-state index contributed by atoms with van der Waals surface area (Å²) in [5.41, 5.74) is 5.17. The van der Waals surface area contributed by atoms with E-state index in [-0.39, 0.29) is 12.5 Å². The second kappa shape index (κ2) is 7.23. The fraction of sp³-hybridized carbons (Fsp3) is 0.316. The molecule has 0 saturated carbocycles. The minimum atomic E-state index is -0.677. The van der Waals surface area contributed by atoms with Crippen molar-refractivity contribution in [1.29, 1.82) is 0 Å². The lowest BCUT2D eigenvalue weighted by molar-refractivity contribution is -0.120. The zero-order valence-electron chi connectivity index (χ0n) is 13.4. The third-order valence-electron chi connectivity index (χ3n) is 3.90. The largest absolute Gasteiger partial charge is 0.387 e. The summed E-state index contributed by atoms with van der Waals surface area (Å²) >= 11 is 0. The normalized spacial score (nSPS) is 12.0. The Labute approximate surface area is 132 Å². The SMILES string of the molecule is Cc1ccc(C)c(CC(=O)NCC(O)c2ccccc2C)c1. The van der Waals surface area contributed by atoms with E-state index in [0.717, 1.165) is 27.8 Å². The molecule has 0 aliphatic rings. The first-order chi connectivity index (χ1) is 10.5. The predicted octanol–water partition coefficient (Wildman–Crippen LogP) is 3.00. The van der Waals surface area contributed by atoms with Gasteiger partial charge in [-0.1, -0.05) is 48.0 Å². The second-order valence-electron chi connectivity index (χ2n) is 5.78. The molecule has 2 aromatic rings. The molecule has 0 aliphatic carbocycles. The van der Waals surface area contributed by atoms with Crippen molar-refractivity contribution in [3.8, 4) is 0 Å². The molecule has 1 amide bonds. The van der Waals surface area contributed by atoms with E-state index in [0.29, 0.717) is 6.42 Å². The molecule has 0 spiro atoms. The topological polar surface area (TPSA) is 49.3 Å². The van der Waals surface area contributed by atoms with Gasteiger partial charge in [0.05, 0.1) is 12.5 Å². The Morgan fingerprint density at radius 3 is 2.55 bits per heavy atom. The van der Waals surface area contributed by atoms with Crippen LogP contribution in [0.1, 0.15) is 33.9 Å². The molecule has 22 heavy (non-hydrogen) atoms. The summed E-state index contributed by atoms with van der Waals surface area (Å²) < 4.78 is 0. The maximum Gasteiger partial charge on any atom is 0.224 e. The quantitative estimate of drug-likeness (QED) is 0.891. The van der Waals surface area contributed by atoms with Crippen molar-refractivity contribution >= 4 is 5.91 Å². The number of aryl methyl sites for hydroxylation is 3. The van der Waals surface area contributed by atoms with E-state index in [1.54, 1.807) is 0 Å². The number of carbonyl (C=O) groups excluding carboxylic acids is 1. The highest BCUT2D eigenvalue weighted by molar-refractivity contribution is 5.79. The maximum atomic E-state index is 12.1. The van der Waals surface area contributed by atoms with Gasteiger partial charge in [0.1, 0.15) is 0 Å². The number of aliphatic hydroxyl groups excluding tert-OH is 1. The summed E-state index contributed by atoms with van der Waals surface area (Å²) in [6.07, 6.45) is -0.336. The van der Waals surface area contributed by atoms with Crippen molar-refractivity contribution in [3.05, 3.63) is 70.3 Å². The van der Waals surface area contributed by atoms with Crippen molar-refractivity contribution in [3.63, 3.8) is 0 Å². The molecular formula is C19H23NO2. The molecule has 2 N–H and O–H groups in total. The van der Waals surface area contributed by atoms with Crippen LogP contribution in [0, 0.1) is 20.8 Å². The lowest BCUT2D eigenvalue weighted by Gasteiger charge is -2.15. The summed E-state index contributed by atoms with van der Waals surface area (Å²) in [7, 11) is 0. The summed E-state index contributed by atoms with van der Waals surface area (Å²) in [5, 5.41) is 13.0. The van der Waals surface area contributed by atoms with E-state index < -0.39 is 6.10 Å². The first kappa shape index (κ1) is 16.2. The third-order valence-corrected chi connectivity index (χ3v) is 3.90. The number of carbonyl (C=O) groups is 1. The molecule has 1 atom stereocenters. The highest BCUT2D eigenvalue weighted by atomic mass is 16.3. The number of hydrogen-bond acceptors (Lipinski definition) is 2. The highest BCUT2D eigenvalue weighted by Gasteiger charge is 2.12. The van der Waals surface area contributed by atoms with E-state index >= 15 is 0 Å². The maximum absolute atomic E-state index is 12.1. The Hall–Kier alpha value is -2.13. The first-order valence-corrected chi connectivity index (χ1v) is 7.54. The third kappa shape index (κ3) is 4.18. The van der Waals surface area contributed by atoms with Gasteiger partial charge in [0.25, 0.3) is 0 Å². The lowest BCUT2D eigenvalue weighted by Crippen LogP contribution is -2.30. The molecule has 0 radical (unpaired) electrons. The molecule has 0 saturated heterocycles. The van der Waals surface area contributed by atoms with Crippen LogP contribution in [0.2, 0.25) is 0 Å². The molecule has 0 bridgehead atoms. The van der Waals surface area contributed by atoms with Crippen molar-refractivity contribution in [2.24, 2.45) is 0 Å². The smallest absolute Gasteiger partial charge is 0.224 e. The van der Waals surface area contributed by atoms with E-state index in [1.807, 2.05) is 63.2 Å². The fourth-order valence-electron chi connectivity index (χ4n) is 2.51. The molecule has 0 aromatic heterocycles. The number of hydrogen-bond donors (Lipinski definition) is 2. The number of aliphatic hydroxyl groups is 1. The van der Waals surface area contributed by atoms with Crippen LogP contribution in [0.25, 0.3) is 0 Å². The highest BCUT2D eigenvalue weighted by Crippen LogP contribution is 2.16. The van der Waals surface area contributed by atoms with Crippen LogP contribution in [0.3, 0.4) is 0 Å². The molecule has 0 heterocycles. The van der Waals surface area contributed by atoms with Gasteiger partial charge in [-0.05, 0) is 43.0 Å². The van der Waals surface area contributed by atoms with Crippen molar-refractivity contribution in [2.45, 2.75) is 33.3 Å². The molecule has 2 aromatic carbocycles. The van der Waals surface area contributed by atoms with E-state index in [2.05, 4.69) is 5.32 Å². The van der Waals surface area contributed by atoms with Gasteiger partial charge in [-0.2, -0.15) is 0 Å². The number of rotatable bonds is 5. The van der Waals surface area contributed by atoms with Crippen LogP contribution in [0.4, 0.5) is 0 Å². The molecule has 0 aliphatic heterocycles. The van der Waals surface area contributed by atoms with E-state index in [9.17, 15) is 9.90 Å². The van der Waals surface area contributed by atoms with Crippen LogP contribution in [0.15, 0.2) is 42.5 Å². The monoisotopic (exact) mass is 297 g/mol. The predicted molar refractivity (Wildman–Crippen MR) is 88.8 cm³/mol. The number of amides is 1.